The van der Waals surface area contributed by atoms with Gasteiger partial charge in [-0.2, -0.15) is 15.2 Å². The molecule has 0 saturated heterocycles. The van der Waals surface area contributed by atoms with Crippen molar-refractivity contribution in [2.75, 3.05) is 46.6 Å². The Balaban J connectivity index is 1.65. The molecule has 3 aromatic carbocycles. The van der Waals surface area contributed by atoms with Crippen LogP contribution >= 0.6 is 0 Å². The number of carboxylic acid groups (broad SMARTS) is 1. The number of amides is 1. The molecule has 15 heteroatoms. The molecule has 0 spiro atoms. The molecule has 2 N–H and O–H groups in total. The molecule has 282 valence electrons. The molecule has 15 nitrogen and oxygen atoms in total. The molecule has 2 atom stereocenters. The van der Waals surface area contributed by atoms with Crippen LogP contribution < -0.4 is 19.5 Å². The summed E-state index contributed by atoms with van der Waals surface area (Å²) < 4.78 is 18.2. The third-order valence-electron chi connectivity index (χ3n) is 8.75. The average Bonchev–Trinajstić information content (AvgIpc) is 3.51. The first kappa shape index (κ1) is 38.9. The summed E-state index contributed by atoms with van der Waals surface area (Å²) in [6, 6.07) is 18.7. The number of likely N-dealkylation sites (N-methyl/N-ethyl adjacent to an activating group) is 1. The number of rotatable bonds is 14. The number of nitrogens with zero attached hydrogens (tertiary/aromatic N) is 6. The molecule has 2 unspecified atom stereocenters. The molecule has 1 amide bonds. The number of nitriles is 1. The Morgan fingerprint density at radius 3 is 2.43 bits per heavy atom. The van der Waals surface area contributed by atoms with Crippen molar-refractivity contribution < 1.29 is 33.8 Å². The first-order valence-corrected chi connectivity index (χ1v) is 17.2. The number of carbonyl (C=O) groups is 2. The lowest BCUT2D eigenvalue weighted by atomic mass is 9.86. The van der Waals surface area contributed by atoms with E-state index in [9.17, 15) is 30.1 Å². The minimum atomic E-state index is -1.58. The Hall–Kier alpha value is -6.27. The molecular weight excluding hydrogens is 694 g/mol. The van der Waals surface area contributed by atoms with Gasteiger partial charge in [0.25, 0.3) is 5.91 Å². The van der Waals surface area contributed by atoms with Crippen LogP contribution in [0, 0.1) is 21.4 Å². The van der Waals surface area contributed by atoms with Gasteiger partial charge in [0.2, 0.25) is 0 Å². The van der Waals surface area contributed by atoms with E-state index in [0.29, 0.717) is 25.1 Å². The molecule has 0 aliphatic carbocycles. The Bertz CT molecular complexity index is 2110. The lowest BCUT2D eigenvalue weighted by molar-refractivity contribution is -0.387. The van der Waals surface area contributed by atoms with Crippen LogP contribution in [0.2, 0.25) is 0 Å². The summed E-state index contributed by atoms with van der Waals surface area (Å²) >= 11 is 0. The number of nitrogens with one attached hydrogen (secondary N) is 1. The van der Waals surface area contributed by atoms with E-state index in [2.05, 4.69) is 21.4 Å². The number of para-hydroxylation sites is 1. The maximum Gasteiger partial charge on any atom is 0.392 e. The summed E-state index contributed by atoms with van der Waals surface area (Å²) in [5.41, 5.74) is 2.36. The van der Waals surface area contributed by atoms with E-state index in [-0.39, 0.29) is 40.9 Å². The monoisotopic (exact) mass is 737 g/mol. The molecule has 0 bridgehead atoms. The number of hydrogen-bond donors (Lipinski definition) is 2. The smallest absolute Gasteiger partial charge is 0.392 e. The maximum absolute atomic E-state index is 13.1. The lowest BCUT2D eigenvalue weighted by Gasteiger charge is -2.23. The highest BCUT2D eigenvalue weighted by atomic mass is 16.6. The zero-order valence-corrected chi connectivity index (χ0v) is 31.2. The van der Waals surface area contributed by atoms with Crippen LogP contribution in [0.1, 0.15) is 65.7 Å². The molecular formula is C39H43N7O8. The predicted molar refractivity (Wildman–Crippen MR) is 200 cm³/mol. The number of carboxylic acids is 1. The zero-order chi connectivity index (χ0) is 39.3. The molecule has 54 heavy (non-hydrogen) atoms. The summed E-state index contributed by atoms with van der Waals surface area (Å²) in [6.45, 7) is 6.88. The lowest BCUT2D eigenvalue weighted by Crippen LogP contribution is -2.30. The number of hydrogen-bond acceptors (Lipinski definition) is 12. The summed E-state index contributed by atoms with van der Waals surface area (Å²) in [5.74, 6) is -3.03. The fraction of sp³-hybridized carbons (Fsp3) is 0.359. The quantitative estimate of drug-likeness (QED) is 0.107. The molecule has 1 aliphatic heterocycles. The van der Waals surface area contributed by atoms with Crippen molar-refractivity contribution in [3.05, 3.63) is 98.6 Å². The van der Waals surface area contributed by atoms with Crippen LogP contribution in [0.5, 0.6) is 29.3 Å². The van der Waals surface area contributed by atoms with E-state index in [1.54, 1.807) is 38.4 Å². The van der Waals surface area contributed by atoms with Gasteiger partial charge in [-0.1, -0.05) is 45.0 Å². The zero-order valence-electron chi connectivity index (χ0n) is 31.2. The average molecular weight is 738 g/mol. The van der Waals surface area contributed by atoms with Gasteiger partial charge in [-0.05, 0) is 73.5 Å². The number of carbonyl (C=O) groups excluding carboxylic acids is 1. The maximum atomic E-state index is 13.1. The summed E-state index contributed by atoms with van der Waals surface area (Å²) in [6.07, 6.45) is -1.10. The van der Waals surface area contributed by atoms with Gasteiger partial charge in [0, 0.05) is 56.3 Å². The van der Waals surface area contributed by atoms with Crippen LogP contribution in [0.3, 0.4) is 0 Å². The molecule has 1 aromatic heterocycles. The van der Waals surface area contributed by atoms with Crippen molar-refractivity contribution in [1.29, 1.82) is 5.26 Å². The Kier molecular flexibility index (Phi) is 11.7. The van der Waals surface area contributed by atoms with Crippen molar-refractivity contribution >= 4 is 23.3 Å². The van der Waals surface area contributed by atoms with E-state index in [1.165, 1.54) is 17.0 Å². The minimum absolute atomic E-state index is 0.0464. The van der Waals surface area contributed by atoms with Crippen molar-refractivity contribution in [2.24, 2.45) is 0 Å². The third kappa shape index (κ3) is 9.20. The molecule has 1 aliphatic rings. The number of nitro groups is 1. The van der Waals surface area contributed by atoms with Crippen LogP contribution in [-0.2, 0) is 16.6 Å². The highest BCUT2D eigenvalue weighted by molar-refractivity contribution is 5.94. The van der Waals surface area contributed by atoms with E-state index in [4.69, 9.17) is 14.2 Å². The molecule has 0 saturated carbocycles. The number of aromatic nitrogens is 2. The highest BCUT2D eigenvalue weighted by Gasteiger charge is 2.36. The molecule has 4 aromatic rings. The summed E-state index contributed by atoms with van der Waals surface area (Å²) in [7, 11) is 7.01. The van der Waals surface area contributed by atoms with Gasteiger partial charge in [-0.3, -0.25) is 14.9 Å². The summed E-state index contributed by atoms with van der Waals surface area (Å²) in [4.78, 5) is 49.7. The highest BCUT2D eigenvalue weighted by Crippen LogP contribution is 2.42. The number of benzene rings is 3. The van der Waals surface area contributed by atoms with Gasteiger partial charge >= 0.3 is 29.4 Å². The second kappa shape index (κ2) is 16.2. The van der Waals surface area contributed by atoms with Gasteiger partial charge in [0.15, 0.2) is 6.10 Å². The Morgan fingerprint density at radius 2 is 1.78 bits per heavy atom. The fourth-order valence-electron chi connectivity index (χ4n) is 6.02. The Morgan fingerprint density at radius 1 is 1.06 bits per heavy atom. The van der Waals surface area contributed by atoms with Gasteiger partial charge in [0.05, 0.1) is 16.6 Å². The third-order valence-corrected chi connectivity index (χ3v) is 8.75. The van der Waals surface area contributed by atoms with Crippen LogP contribution in [0.25, 0.3) is 0 Å². The number of anilines is 1. The van der Waals surface area contributed by atoms with Crippen molar-refractivity contribution in [3.63, 3.8) is 0 Å². The first-order chi connectivity index (χ1) is 25.5. The van der Waals surface area contributed by atoms with E-state index < -0.39 is 45.9 Å². The van der Waals surface area contributed by atoms with Crippen molar-refractivity contribution in [1.82, 2.24) is 19.8 Å². The van der Waals surface area contributed by atoms with E-state index in [0.717, 1.165) is 16.8 Å². The van der Waals surface area contributed by atoms with E-state index >= 15 is 0 Å². The number of ether oxygens (including phenoxy) is 3. The van der Waals surface area contributed by atoms with Gasteiger partial charge in [-0.25, -0.2) is 4.79 Å². The number of fused-ring (bicyclic) bond motifs is 1. The van der Waals surface area contributed by atoms with Crippen LogP contribution in [0.15, 0.2) is 60.7 Å². The van der Waals surface area contributed by atoms with Gasteiger partial charge in [0.1, 0.15) is 11.5 Å². The molecule has 5 rings (SSSR count). The first-order valence-electron chi connectivity index (χ1n) is 17.2. The SMILES string of the molecule is CN(C)CCc1cc(Oc2nc(Oc3cc(C#N)ccc3C(C)(C)C)nc(OC(CC3CNc4ccccc43)C(=O)O)c2[N+](=O)[O-])cc(C(=O)N(C)C)c1. The van der Waals surface area contributed by atoms with Crippen LogP contribution in [0.4, 0.5) is 11.4 Å². The molecule has 0 fully saturated rings. The van der Waals surface area contributed by atoms with Gasteiger partial charge < -0.3 is 34.4 Å². The van der Waals surface area contributed by atoms with E-state index in [1.807, 2.05) is 64.0 Å². The minimum Gasteiger partial charge on any atom is -0.479 e. The topological polar surface area (TPSA) is 193 Å². The second-order valence-corrected chi connectivity index (χ2v) is 14.5. The van der Waals surface area contributed by atoms with Crippen molar-refractivity contribution in [2.45, 2.75) is 51.0 Å². The largest absolute Gasteiger partial charge is 0.479 e. The molecule has 0 radical (unpaired) electrons. The van der Waals surface area contributed by atoms with Crippen LogP contribution in [-0.4, -0.2) is 89.1 Å². The Labute approximate surface area is 313 Å². The predicted octanol–water partition coefficient (Wildman–Crippen LogP) is 6.38. The normalized spacial score (nSPS) is 14.0. The fourth-order valence-corrected chi connectivity index (χ4v) is 6.02. The summed E-state index contributed by atoms with van der Waals surface area (Å²) in [5, 5.41) is 36.0. The number of aliphatic carboxylic acids is 1. The second-order valence-electron chi connectivity index (χ2n) is 14.5. The van der Waals surface area contributed by atoms with Crippen molar-refractivity contribution in [3.8, 4) is 35.3 Å². The molecule has 2 heterocycles. The van der Waals surface area contributed by atoms with Gasteiger partial charge in [-0.15, -0.1) is 0 Å². The standard InChI is InChI=1S/C39H43N7O8/c1-39(2,3)29-13-12-24(21-40)18-31(29)54-38-42-34(52-27-17-23(14-15-44(4)5)16-25(19-27)36(47)45(6)7)33(46(50)51)35(43-38)53-32(37(48)49)20-26-22-41-30-11-9-8-10-28(26)30/h8-13,16-19,26,32,41H,14-15,20,22H2,1-7H3,(H,48,49).